The molecule has 1 heterocycles. The minimum absolute atomic E-state index is 0.0594. The molecule has 0 amide bonds. The summed E-state index contributed by atoms with van der Waals surface area (Å²) < 4.78 is 21.9. The van der Waals surface area contributed by atoms with Crippen molar-refractivity contribution in [2.75, 3.05) is 5.75 Å². The molecule has 0 aromatic rings. The molecule has 0 aromatic carbocycles. The van der Waals surface area contributed by atoms with Crippen molar-refractivity contribution in [2.45, 2.75) is 5.25 Å². The summed E-state index contributed by atoms with van der Waals surface area (Å²) in [7, 11) is -3.16. The predicted molar refractivity (Wildman–Crippen MR) is 51.0 cm³/mol. The predicted octanol–water partition coefficient (Wildman–Crippen LogP) is 0.490. The van der Waals surface area contributed by atoms with Gasteiger partial charge in [-0.3, -0.25) is 5.41 Å². The highest BCUT2D eigenvalue weighted by Gasteiger charge is 2.29. The quantitative estimate of drug-likeness (QED) is 0.504. The van der Waals surface area contributed by atoms with Gasteiger partial charge in [-0.1, -0.05) is 23.4 Å². The van der Waals surface area contributed by atoms with Gasteiger partial charge in [-0.15, -0.1) is 0 Å². The SMILES string of the molecule is N=C(N)S[C@@H]1CS(=O)(=O)C=C1Cl. The van der Waals surface area contributed by atoms with Crippen LogP contribution in [-0.4, -0.2) is 24.6 Å². The Kier molecular flexibility index (Phi) is 2.70. The van der Waals surface area contributed by atoms with E-state index < -0.39 is 15.1 Å². The van der Waals surface area contributed by atoms with Gasteiger partial charge >= 0.3 is 0 Å². The van der Waals surface area contributed by atoms with Crippen molar-refractivity contribution in [3.05, 3.63) is 10.4 Å². The molecule has 68 valence electrons. The zero-order valence-electron chi connectivity index (χ0n) is 5.95. The van der Waals surface area contributed by atoms with Gasteiger partial charge in [0.25, 0.3) is 0 Å². The van der Waals surface area contributed by atoms with E-state index in [1.165, 1.54) is 0 Å². The van der Waals surface area contributed by atoms with Crippen molar-refractivity contribution >= 4 is 38.4 Å². The minimum atomic E-state index is -3.16. The van der Waals surface area contributed by atoms with Crippen LogP contribution in [0, 0.1) is 5.41 Å². The summed E-state index contributed by atoms with van der Waals surface area (Å²) in [6.45, 7) is 0. The second-order valence-corrected chi connectivity index (χ2v) is 5.88. The van der Waals surface area contributed by atoms with E-state index in [0.717, 1.165) is 17.2 Å². The minimum Gasteiger partial charge on any atom is -0.379 e. The number of nitrogens with two attached hydrogens (primary N) is 1. The van der Waals surface area contributed by atoms with Gasteiger partial charge in [-0.2, -0.15) is 0 Å². The van der Waals surface area contributed by atoms with Gasteiger partial charge in [0, 0.05) is 10.4 Å². The highest BCUT2D eigenvalue weighted by atomic mass is 35.5. The third-order valence-corrected chi connectivity index (χ3v) is 4.46. The van der Waals surface area contributed by atoms with Crippen LogP contribution in [0.4, 0.5) is 0 Å². The summed E-state index contributed by atoms with van der Waals surface area (Å²) in [5.41, 5.74) is 5.09. The van der Waals surface area contributed by atoms with Crippen molar-refractivity contribution < 1.29 is 8.42 Å². The third-order valence-electron chi connectivity index (χ3n) is 1.25. The lowest BCUT2D eigenvalue weighted by atomic mass is 10.5. The first-order valence-corrected chi connectivity index (χ1v) is 5.98. The van der Waals surface area contributed by atoms with Crippen molar-refractivity contribution in [2.24, 2.45) is 5.73 Å². The monoisotopic (exact) mass is 226 g/mol. The second kappa shape index (κ2) is 3.27. The van der Waals surface area contributed by atoms with Crippen LogP contribution in [0.2, 0.25) is 0 Å². The fourth-order valence-corrected chi connectivity index (χ4v) is 4.16. The fraction of sp³-hybridized carbons (Fsp3) is 0.400. The molecule has 0 aliphatic carbocycles. The molecular formula is C5H7ClN2O2S2. The molecule has 12 heavy (non-hydrogen) atoms. The van der Waals surface area contributed by atoms with E-state index in [0.29, 0.717) is 0 Å². The Labute approximate surface area is 79.6 Å². The average Bonchev–Trinajstić information content (AvgIpc) is 2.03. The van der Waals surface area contributed by atoms with Crippen LogP contribution in [0.1, 0.15) is 0 Å². The zero-order valence-corrected chi connectivity index (χ0v) is 8.34. The highest BCUT2D eigenvalue weighted by molar-refractivity contribution is 8.15. The Morgan fingerprint density at radius 2 is 2.42 bits per heavy atom. The van der Waals surface area contributed by atoms with Crippen molar-refractivity contribution in [1.29, 1.82) is 5.41 Å². The molecule has 0 aromatic heterocycles. The van der Waals surface area contributed by atoms with Crippen molar-refractivity contribution in [3.8, 4) is 0 Å². The first kappa shape index (κ1) is 9.88. The lowest BCUT2D eigenvalue weighted by Crippen LogP contribution is -2.15. The lowest BCUT2D eigenvalue weighted by molar-refractivity contribution is 0.606. The number of hydrogen-bond acceptors (Lipinski definition) is 4. The Balaban J connectivity index is 2.76. The molecule has 1 rings (SSSR count). The van der Waals surface area contributed by atoms with Crippen LogP contribution >= 0.6 is 23.4 Å². The molecule has 0 bridgehead atoms. The maximum absolute atomic E-state index is 10.9. The molecular weight excluding hydrogens is 220 g/mol. The standard InChI is InChI=1S/C5H7ClN2O2S2/c6-3-1-12(9,10)2-4(3)11-5(7)8/h1,4H,2H2,(H3,7,8)/t4-/m1/s1. The van der Waals surface area contributed by atoms with Gasteiger partial charge in [-0.05, 0) is 0 Å². The molecule has 1 atom stereocenters. The summed E-state index contributed by atoms with van der Waals surface area (Å²) in [5, 5.41) is 7.69. The molecule has 0 saturated carbocycles. The van der Waals surface area contributed by atoms with Gasteiger partial charge in [0.2, 0.25) is 0 Å². The number of hydrogen-bond donors (Lipinski definition) is 2. The first-order chi connectivity index (χ1) is 5.41. The van der Waals surface area contributed by atoms with Crippen LogP contribution in [0.25, 0.3) is 0 Å². The highest BCUT2D eigenvalue weighted by Crippen LogP contribution is 2.30. The van der Waals surface area contributed by atoms with Crippen molar-refractivity contribution in [1.82, 2.24) is 0 Å². The normalized spacial score (nSPS) is 26.8. The molecule has 1 aliphatic rings. The van der Waals surface area contributed by atoms with Crippen molar-refractivity contribution in [3.63, 3.8) is 0 Å². The summed E-state index contributed by atoms with van der Waals surface area (Å²) in [4.78, 5) is 0. The van der Waals surface area contributed by atoms with Crippen LogP contribution in [-0.2, 0) is 9.84 Å². The van der Waals surface area contributed by atoms with Crippen LogP contribution in [0.15, 0.2) is 10.4 Å². The number of halogens is 1. The van der Waals surface area contributed by atoms with Crippen LogP contribution in [0.5, 0.6) is 0 Å². The first-order valence-electron chi connectivity index (χ1n) is 3.01. The Bertz CT molecular complexity index is 335. The second-order valence-electron chi connectivity index (χ2n) is 2.30. The van der Waals surface area contributed by atoms with E-state index in [2.05, 4.69) is 0 Å². The van der Waals surface area contributed by atoms with Gasteiger partial charge in [0.05, 0.1) is 11.0 Å². The average molecular weight is 227 g/mol. The van der Waals surface area contributed by atoms with Gasteiger partial charge < -0.3 is 5.73 Å². The van der Waals surface area contributed by atoms with E-state index in [9.17, 15) is 8.42 Å². The van der Waals surface area contributed by atoms with E-state index in [1.54, 1.807) is 0 Å². The van der Waals surface area contributed by atoms with E-state index in [-0.39, 0.29) is 16.0 Å². The molecule has 7 heteroatoms. The van der Waals surface area contributed by atoms with E-state index in [1.807, 2.05) is 0 Å². The number of nitrogens with one attached hydrogen (secondary N) is 1. The number of amidine groups is 1. The Morgan fingerprint density at radius 3 is 2.75 bits per heavy atom. The van der Waals surface area contributed by atoms with Gasteiger partial charge in [0.1, 0.15) is 0 Å². The molecule has 0 unspecified atom stereocenters. The van der Waals surface area contributed by atoms with Crippen LogP contribution < -0.4 is 5.73 Å². The summed E-state index contributed by atoms with van der Waals surface area (Å²) in [6.07, 6.45) is 0. The Morgan fingerprint density at radius 1 is 1.83 bits per heavy atom. The molecule has 0 fully saturated rings. The largest absolute Gasteiger partial charge is 0.379 e. The van der Waals surface area contributed by atoms with E-state index in [4.69, 9.17) is 22.7 Å². The molecule has 3 N–H and O–H groups in total. The third kappa shape index (κ3) is 2.40. The molecule has 1 aliphatic heterocycles. The summed E-state index contributed by atoms with van der Waals surface area (Å²) in [6, 6.07) is 0. The molecule has 0 radical (unpaired) electrons. The smallest absolute Gasteiger partial charge is 0.174 e. The number of rotatable bonds is 1. The number of thioether (sulfide) groups is 1. The summed E-state index contributed by atoms with van der Waals surface area (Å²) >= 11 is 6.57. The van der Waals surface area contributed by atoms with Gasteiger partial charge in [0.15, 0.2) is 15.0 Å². The topological polar surface area (TPSA) is 84.0 Å². The van der Waals surface area contributed by atoms with Gasteiger partial charge in [-0.25, -0.2) is 8.42 Å². The maximum atomic E-state index is 10.9. The molecule has 0 saturated heterocycles. The Hall–Kier alpha value is -0.200. The lowest BCUT2D eigenvalue weighted by Gasteiger charge is -2.05. The zero-order chi connectivity index (χ0) is 9.35. The van der Waals surface area contributed by atoms with E-state index >= 15 is 0 Å². The summed E-state index contributed by atoms with van der Waals surface area (Å²) in [5.74, 6) is -0.0594. The maximum Gasteiger partial charge on any atom is 0.174 e. The molecule has 0 spiro atoms. The fourth-order valence-electron chi connectivity index (χ4n) is 0.830. The van der Waals surface area contributed by atoms with Crippen LogP contribution in [0.3, 0.4) is 0 Å². The number of sulfone groups is 1. The molecule has 4 nitrogen and oxygen atoms in total.